The van der Waals surface area contributed by atoms with E-state index in [0.29, 0.717) is 11.5 Å². The van der Waals surface area contributed by atoms with Gasteiger partial charge in [0.2, 0.25) is 0 Å². The molecule has 2 rings (SSSR count). The quantitative estimate of drug-likeness (QED) is 0.569. The summed E-state index contributed by atoms with van der Waals surface area (Å²) in [6.45, 7) is 0. The number of pyridine rings is 1. The number of carbonyl (C=O) groups excluding carboxylic acids is 2. The highest BCUT2D eigenvalue weighted by Gasteiger charge is 2.12. The highest BCUT2D eigenvalue weighted by Crippen LogP contribution is 2.29. The highest BCUT2D eigenvalue weighted by molar-refractivity contribution is 5.79. The number of hydrogen-bond donors (Lipinski definition) is 0. The third kappa shape index (κ3) is 5.76. The summed E-state index contributed by atoms with van der Waals surface area (Å²) in [6.07, 6.45) is 7.22. The average molecular weight is 341 g/mol. The second-order valence-electron chi connectivity index (χ2n) is 5.07. The van der Waals surface area contributed by atoms with E-state index in [1.165, 1.54) is 14.2 Å². The Labute approximate surface area is 146 Å². The summed E-state index contributed by atoms with van der Waals surface area (Å²) in [5, 5.41) is 0. The van der Waals surface area contributed by atoms with Crippen molar-refractivity contribution in [2.45, 2.75) is 12.8 Å². The molecule has 1 aromatic carbocycles. The molecule has 0 N–H and O–H groups in total. The monoisotopic (exact) mass is 341 g/mol. The van der Waals surface area contributed by atoms with Gasteiger partial charge in [-0.15, -0.1) is 0 Å². The fourth-order valence-electron chi connectivity index (χ4n) is 2.02. The summed E-state index contributed by atoms with van der Waals surface area (Å²) < 4.78 is 15.0. The van der Waals surface area contributed by atoms with Gasteiger partial charge in [-0.05, 0) is 35.4 Å². The first-order valence-corrected chi connectivity index (χ1v) is 7.66. The van der Waals surface area contributed by atoms with Crippen LogP contribution in [0.5, 0.6) is 11.5 Å². The number of esters is 2. The Balaban J connectivity index is 2.04. The van der Waals surface area contributed by atoms with E-state index in [1.54, 1.807) is 24.5 Å². The molecule has 1 heterocycles. The number of nitrogens with zero attached hydrogens (tertiary/aromatic N) is 1. The SMILES string of the molecule is COC(=O)CCC(=O)Oc1ccc(/C=C/c2ccncc2)cc1OC. The van der Waals surface area contributed by atoms with E-state index in [0.717, 1.165) is 11.1 Å². The standard InChI is InChI=1S/C19H19NO5/c1-23-17-13-15(4-3-14-9-11-20-12-10-14)5-6-16(17)25-19(22)8-7-18(21)24-2/h3-6,9-13H,7-8H2,1-2H3/b4-3+. The lowest BCUT2D eigenvalue weighted by Gasteiger charge is -2.10. The zero-order valence-corrected chi connectivity index (χ0v) is 14.1. The Morgan fingerprint density at radius 2 is 1.60 bits per heavy atom. The van der Waals surface area contributed by atoms with Crippen LogP contribution < -0.4 is 9.47 Å². The van der Waals surface area contributed by atoms with E-state index in [-0.39, 0.29) is 12.8 Å². The summed E-state index contributed by atoms with van der Waals surface area (Å²) in [5.41, 5.74) is 1.91. The van der Waals surface area contributed by atoms with Gasteiger partial charge in [-0.3, -0.25) is 14.6 Å². The minimum absolute atomic E-state index is 0.0234. The maximum atomic E-state index is 11.8. The predicted octanol–water partition coefficient (Wildman–Crippen LogP) is 3.12. The molecule has 0 aliphatic carbocycles. The first-order valence-electron chi connectivity index (χ1n) is 7.66. The summed E-state index contributed by atoms with van der Waals surface area (Å²) in [7, 11) is 2.77. The molecule has 0 unspecified atom stereocenters. The second kappa shape index (κ2) is 9.22. The molecular formula is C19H19NO5. The van der Waals surface area contributed by atoms with Crippen molar-refractivity contribution < 1.29 is 23.8 Å². The molecule has 1 aromatic heterocycles. The molecule has 2 aromatic rings. The van der Waals surface area contributed by atoms with Crippen molar-refractivity contribution in [1.29, 1.82) is 0 Å². The molecule has 0 saturated heterocycles. The van der Waals surface area contributed by atoms with Crippen molar-refractivity contribution >= 4 is 24.1 Å². The van der Waals surface area contributed by atoms with Crippen LogP contribution in [-0.2, 0) is 14.3 Å². The van der Waals surface area contributed by atoms with Crippen molar-refractivity contribution in [3.05, 3.63) is 53.9 Å². The number of benzene rings is 1. The minimum Gasteiger partial charge on any atom is -0.493 e. The van der Waals surface area contributed by atoms with Gasteiger partial charge in [0.25, 0.3) is 0 Å². The molecule has 0 aliphatic heterocycles. The number of carbonyl (C=O) groups is 2. The normalized spacial score (nSPS) is 10.5. The minimum atomic E-state index is -0.524. The van der Waals surface area contributed by atoms with Crippen LogP contribution in [0.4, 0.5) is 0 Å². The van der Waals surface area contributed by atoms with Gasteiger partial charge in [0.1, 0.15) is 0 Å². The molecule has 0 spiro atoms. The molecule has 0 amide bonds. The molecular weight excluding hydrogens is 322 g/mol. The van der Waals surface area contributed by atoms with Gasteiger partial charge in [0.05, 0.1) is 27.1 Å². The van der Waals surface area contributed by atoms with Crippen molar-refractivity contribution in [3.8, 4) is 11.5 Å². The molecule has 0 atom stereocenters. The maximum absolute atomic E-state index is 11.8. The molecule has 6 heteroatoms. The number of methoxy groups -OCH3 is 2. The van der Waals surface area contributed by atoms with Gasteiger partial charge in [0.15, 0.2) is 11.5 Å². The topological polar surface area (TPSA) is 74.7 Å². The van der Waals surface area contributed by atoms with Gasteiger partial charge >= 0.3 is 11.9 Å². The second-order valence-corrected chi connectivity index (χ2v) is 5.07. The van der Waals surface area contributed by atoms with Gasteiger partial charge in [-0.25, -0.2) is 0 Å². The number of ether oxygens (including phenoxy) is 3. The largest absolute Gasteiger partial charge is 0.493 e. The first kappa shape index (κ1) is 18.2. The Kier molecular flexibility index (Phi) is 6.71. The van der Waals surface area contributed by atoms with E-state index >= 15 is 0 Å². The maximum Gasteiger partial charge on any atom is 0.311 e. The molecule has 0 fully saturated rings. The number of aromatic nitrogens is 1. The van der Waals surface area contributed by atoms with E-state index in [9.17, 15) is 9.59 Å². The zero-order chi connectivity index (χ0) is 18.1. The lowest BCUT2D eigenvalue weighted by atomic mass is 10.1. The Hall–Kier alpha value is -3.15. The van der Waals surface area contributed by atoms with E-state index < -0.39 is 11.9 Å². The molecule has 0 radical (unpaired) electrons. The molecule has 6 nitrogen and oxygen atoms in total. The number of rotatable bonds is 7. The summed E-state index contributed by atoms with van der Waals surface area (Å²) in [4.78, 5) is 26.8. The van der Waals surface area contributed by atoms with E-state index in [4.69, 9.17) is 9.47 Å². The van der Waals surface area contributed by atoms with Crippen LogP contribution >= 0.6 is 0 Å². The highest BCUT2D eigenvalue weighted by atomic mass is 16.6. The van der Waals surface area contributed by atoms with Crippen LogP contribution in [0.2, 0.25) is 0 Å². The Morgan fingerprint density at radius 3 is 2.28 bits per heavy atom. The van der Waals surface area contributed by atoms with Gasteiger partial charge in [-0.1, -0.05) is 18.2 Å². The van der Waals surface area contributed by atoms with Gasteiger partial charge in [-0.2, -0.15) is 0 Å². The molecule has 25 heavy (non-hydrogen) atoms. The van der Waals surface area contributed by atoms with Crippen LogP contribution in [-0.4, -0.2) is 31.1 Å². The molecule has 0 saturated carbocycles. The average Bonchev–Trinajstić information content (AvgIpc) is 2.66. The van der Waals surface area contributed by atoms with Gasteiger partial charge in [0, 0.05) is 12.4 Å². The third-order valence-corrected chi connectivity index (χ3v) is 3.35. The third-order valence-electron chi connectivity index (χ3n) is 3.35. The zero-order valence-electron chi connectivity index (χ0n) is 14.1. The summed E-state index contributed by atoms with van der Waals surface area (Å²) in [6, 6.07) is 9.02. The van der Waals surface area contributed by atoms with Crippen molar-refractivity contribution in [2.75, 3.05) is 14.2 Å². The first-order chi connectivity index (χ1) is 12.1. The van der Waals surface area contributed by atoms with Crippen LogP contribution in [0, 0.1) is 0 Å². The van der Waals surface area contributed by atoms with Crippen LogP contribution in [0.1, 0.15) is 24.0 Å². The smallest absolute Gasteiger partial charge is 0.311 e. The van der Waals surface area contributed by atoms with E-state index in [2.05, 4.69) is 9.72 Å². The fourth-order valence-corrected chi connectivity index (χ4v) is 2.02. The van der Waals surface area contributed by atoms with Crippen LogP contribution in [0.15, 0.2) is 42.7 Å². The Morgan fingerprint density at radius 1 is 0.920 bits per heavy atom. The summed E-state index contributed by atoms with van der Waals surface area (Å²) >= 11 is 0. The predicted molar refractivity (Wildman–Crippen MR) is 93.0 cm³/mol. The van der Waals surface area contributed by atoms with Crippen molar-refractivity contribution in [3.63, 3.8) is 0 Å². The Bertz CT molecular complexity index is 756. The van der Waals surface area contributed by atoms with Crippen LogP contribution in [0.25, 0.3) is 12.2 Å². The molecule has 130 valence electrons. The van der Waals surface area contributed by atoms with Crippen LogP contribution in [0.3, 0.4) is 0 Å². The van der Waals surface area contributed by atoms with Crippen molar-refractivity contribution in [1.82, 2.24) is 4.98 Å². The molecule has 0 bridgehead atoms. The van der Waals surface area contributed by atoms with E-state index in [1.807, 2.05) is 30.4 Å². The fraction of sp³-hybridized carbons (Fsp3) is 0.211. The van der Waals surface area contributed by atoms with Crippen molar-refractivity contribution in [2.24, 2.45) is 0 Å². The number of hydrogen-bond acceptors (Lipinski definition) is 6. The lowest BCUT2D eigenvalue weighted by molar-refractivity contribution is -0.144. The van der Waals surface area contributed by atoms with Gasteiger partial charge < -0.3 is 14.2 Å². The lowest BCUT2D eigenvalue weighted by Crippen LogP contribution is -2.11. The molecule has 0 aliphatic rings. The summed E-state index contributed by atoms with van der Waals surface area (Å²) in [5.74, 6) is -0.244.